The molecule has 1 N–H and O–H groups in total. The summed E-state index contributed by atoms with van der Waals surface area (Å²) in [6.45, 7) is 9.94. The Morgan fingerprint density at radius 2 is 1.72 bits per heavy atom. The lowest BCUT2D eigenvalue weighted by atomic mass is 10.2. The van der Waals surface area contributed by atoms with Crippen molar-refractivity contribution < 1.29 is 14.3 Å². The summed E-state index contributed by atoms with van der Waals surface area (Å²) in [6, 6.07) is 3.34. The number of methoxy groups -OCH3 is 2. The molecule has 9 nitrogen and oxygen atoms in total. The molecule has 1 aliphatic heterocycles. The van der Waals surface area contributed by atoms with Crippen LogP contribution in [0.4, 0.5) is 0 Å². The van der Waals surface area contributed by atoms with Gasteiger partial charge >= 0.3 is 0 Å². The van der Waals surface area contributed by atoms with Crippen LogP contribution in [0.3, 0.4) is 0 Å². The fourth-order valence-electron chi connectivity index (χ4n) is 4.00. The van der Waals surface area contributed by atoms with Crippen molar-refractivity contribution in [3.63, 3.8) is 0 Å². The summed E-state index contributed by atoms with van der Waals surface area (Å²) >= 11 is 0. The van der Waals surface area contributed by atoms with E-state index in [1.807, 2.05) is 0 Å². The third kappa shape index (κ3) is 6.20. The number of rotatable bonds is 11. The van der Waals surface area contributed by atoms with Gasteiger partial charge in [0.2, 0.25) is 5.91 Å². The average Bonchev–Trinajstić information content (AvgIpc) is 2.83. The average molecular weight is 446 g/mol. The number of hydrogen-bond donors (Lipinski definition) is 1. The molecule has 32 heavy (non-hydrogen) atoms. The number of nitrogens with one attached hydrogen (secondary N) is 1. The number of amides is 1. The summed E-state index contributed by atoms with van der Waals surface area (Å²) in [4.78, 5) is 34.2. The predicted molar refractivity (Wildman–Crippen MR) is 125 cm³/mol. The van der Waals surface area contributed by atoms with Crippen molar-refractivity contribution in [2.75, 3.05) is 60.0 Å². The molecule has 1 aromatic heterocycles. The second-order valence-electron chi connectivity index (χ2n) is 8.05. The van der Waals surface area contributed by atoms with Gasteiger partial charge in [-0.1, -0.05) is 6.92 Å². The van der Waals surface area contributed by atoms with E-state index < -0.39 is 0 Å². The number of aryl methyl sites for hydroxylation is 1. The normalized spacial score (nSPS) is 15.1. The number of ether oxygens (including phenoxy) is 2. The molecule has 1 amide bonds. The number of fused-ring (bicyclic) bond motifs is 1. The van der Waals surface area contributed by atoms with Crippen LogP contribution >= 0.6 is 0 Å². The molecule has 9 heteroatoms. The third-order valence-electron chi connectivity index (χ3n) is 6.02. The molecule has 2 heterocycles. The smallest absolute Gasteiger partial charge is 0.261 e. The quantitative estimate of drug-likeness (QED) is 0.522. The molecule has 0 radical (unpaired) electrons. The summed E-state index contributed by atoms with van der Waals surface area (Å²) in [5, 5.41) is 3.46. The molecule has 3 rings (SSSR count). The molecule has 0 atom stereocenters. The number of likely N-dealkylation sites (N-methyl/N-ethyl adjacent to an activating group) is 1. The van der Waals surface area contributed by atoms with E-state index in [0.29, 0.717) is 48.3 Å². The largest absolute Gasteiger partial charge is 0.493 e. The zero-order valence-corrected chi connectivity index (χ0v) is 19.4. The lowest BCUT2D eigenvalue weighted by Gasteiger charge is -2.33. The van der Waals surface area contributed by atoms with Gasteiger partial charge in [-0.3, -0.25) is 14.2 Å². The van der Waals surface area contributed by atoms with Gasteiger partial charge in [0.15, 0.2) is 11.5 Å². The van der Waals surface area contributed by atoms with Gasteiger partial charge < -0.3 is 24.6 Å². The maximum absolute atomic E-state index is 12.8. The number of aromatic nitrogens is 2. The first-order valence-corrected chi connectivity index (χ1v) is 11.4. The van der Waals surface area contributed by atoms with Gasteiger partial charge in [-0.15, -0.1) is 0 Å². The van der Waals surface area contributed by atoms with Crippen molar-refractivity contribution in [2.45, 2.75) is 32.7 Å². The van der Waals surface area contributed by atoms with Gasteiger partial charge in [0.05, 0.1) is 31.4 Å². The van der Waals surface area contributed by atoms with Gasteiger partial charge in [-0.05, 0) is 32.0 Å². The first-order valence-electron chi connectivity index (χ1n) is 11.4. The molecular formula is C23H35N5O4. The molecule has 0 saturated carbocycles. The Labute approximate surface area is 189 Å². The summed E-state index contributed by atoms with van der Waals surface area (Å²) < 4.78 is 12.1. The molecule has 0 spiro atoms. The Morgan fingerprint density at radius 1 is 1.03 bits per heavy atom. The Hall–Kier alpha value is -2.65. The second kappa shape index (κ2) is 11.8. The van der Waals surface area contributed by atoms with Crippen LogP contribution in [0, 0.1) is 0 Å². The second-order valence-corrected chi connectivity index (χ2v) is 8.05. The Morgan fingerprint density at radius 3 is 2.41 bits per heavy atom. The van der Waals surface area contributed by atoms with Crippen LogP contribution in [-0.2, 0) is 11.3 Å². The minimum Gasteiger partial charge on any atom is -0.493 e. The highest BCUT2D eigenvalue weighted by molar-refractivity contribution is 5.81. The van der Waals surface area contributed by atoms with E-state index in [-0.39, 0.29) is 11.5 Å². The number of hydrogen-bond acceptors (Lipinski definition) is 7. The van der Waals surface area contributed by atoms with Crippen molar-refractivity contribution in [1.82, 2.24) is 24.7 Å². The van der Waals surface area contributed by atoms with Crippen LogP contribution in [0.2, 0.25) is 0 Å². The Balaban J connectivity index is 1.41. The van der Waals surface area contributed by atoms with E-state index in [1.54, 1.807) is 19.2 Å². The van der Waals surface area contributed by atoms with Crippen LogP contribution in [-0.4, -0.2) is 85.3 Å². The highest BCUT2D eigenvalue weighted by Gasteiger charge is 2.15. The topological polar surface area (TPSA) is 88.9 Å². The maximum Gasteiger partial charge on any atom is 0.261 e. The van der Waals surface area contributed by atoms with Crippen molar-refractivity contribution >= 4 is 16.8 Å². The third-order valence-corrected chi connectivity index (χ3v) is 6.02. The van der Waals surface area contributed by atoms with E-state index in [1.165, 1.54) is 18.0 Å². The van der Waals surface area contributed by atoms with Crippen LogP contribution in [0.25, 0.3) is 10.9 Å². The molecule has 1 saturated heterocycles. The predicted octanol–water partition coefficient (Wildman–Crippen LogP) is 1.34. The molecule has 1 aliphatic rings. The minimum atomic E-state index is -0.153. The van der Waals surface area contributed by atoms with E-state index >= 15 is 0 Å². The monoisotopic (exact) mass is 445 g/mol. The Bertz CT molecular complexity index is 953. The first-order chi connectivity index (χ1) is 15.5. The lowest BCUT2D eigenvalue weighted by molar-refractivity contribution is -0.121. The van der Waals surface area contributed by atoms with Crippen LogP contribution in [0.15, 0.2) is 23.3 Å². The van der Waals surface area contributed by atoms with Gasteiger partial charge in [0.25, 0.3) is 5.56 Å². The first kappa shape index (κ1) is 24.0. The summed E-state index contributed by atoms with van der Waals surface area (Å²) in [7, 11) is 3.08. The molecule has 1 fully saturated rings. The number of carbonyl (C=O) groups excluding carboxylic acids is 1. The van der Waals surface area contributed by atoms with Gasteiger partial charge in [0.1, 0.15) is 0 Å². The van der Waals surface area contributed by atoms with Crippen LogP contribution in [0.5, 0.6) is 11.5 Å². The maximum atomic E-state index is 12.8. The van der Waals surface area contributed by atoms with Gasteiger partial charge in [-0.2, -0.15) is 0 Å². The number of benzene rings is 1. The van der Waals surface area contributed by atoms with E-state index in [4.69, 9.17) is 9.47 Å². The lowest BCUT2D eigenvalue weighted by Crippen LogP contribution is -2.46. The Kier molecular flexibility index (Phi) is 8.87. The van der Waals surface area contributed by atoms with Crippen molar-refractivity contribution in [3.05, 3.63) is 28.8 Å². The van der Waals surface area contributed by atoms with Crippen molar-refractivity contribution in [3.8, 4) is 11.5 Å². The minimum absolute atomic E-state index is 0.0222. The molecule has 1 aromatic carbocycles. The van der Waals surface area contributed by atoms with Gasteiger partial charge in [-0.25, -0.2) is 4.98 Å². The highest BCUT2D eigenvalue weighted by Crippen LogP contribution is 2.29. The molecule has 176 valence electrons. The fourth-order valence-corrected chi connectivity index (χ4v) is 4.00. The van der Waals surface area contributed by atoms with Crippen LogP contribution < -0.4 is 20.3 Å². The van der Waals surface area contributed by atoms with Gasteiger partial charge in [0, 0.05) is 51.8 Å². The molecule has 0 bridgehead atoms. The van der Waals surface area contributed by atoms with Crippen LogP contribution in [0.1, 0.15) is 26.2 Å². The van der Waals surface area contributed by atoms with Crippen molar-refractivity contribution in [2.24, 2.45) is 0 Å². The number of carbonyl (C=O) groups is 1. The zero-order valence-electron chi connectivity index (χ0n) is 19.4. The zero-order chi connectivity index (χ0) is 22.9. The molecule has 0 aliphatic carbocycles. The molecular weight excluding hydrogens is 410 g/mol. The number of piperazine rings is 1. The summed E-state index contributed by atoms with van der Waals surface area (Å²) in [5.74, 6) is 1.04. The summed E-state index contributed by atoms with van der Waals surface area (Å²) in [6.07, 6.45) is 3.43. The van der Waals surface area contributed by atoms with E-state index in [2.05, 4.69) is 27.0 Å². The molecule has 2 aromatic rings. The SMILES string of the molecule is CCN1CCN(CCCNC(=O)CCCn2cnc3cc(OC)c(OC)cc3c2=O)CC1. The standard InChI is InChI=1S/C23H35N5O4/c1-4-26-11-13-27(14-12-26)9-6-8-24-22(29)7-5-10-28-17-25-19-16-21(32-3)20(31-2)15-18(19)23(28)30/h15-17H,4-14H2,1-3H3,(H,24,29). The fraction of sp³-hybridized carbons (Fsp3) is 0.609. The summed E-state index contributed by atoms with van der Waals surface area (Å²) in [5.41, 5.74) is 0.400. The number of nitrogens with zero attached hydrogens (tertiary/aromatic N) is 4. The van der Waals surface area contributed by atoms with E-state index in [0.717, 1.165) is 45.7 Å². The highest BCUT2D eigenvalue weighted by atomic mass is 16.5. The van der Waals surface area contributed by atoms with E-state index in [9.17, 15) is 9.59 Å². The van der Waals surface area contributed by atoms with Crippen molar-refractivity contribution in [1.29, 1.82) is 0 Å². The molecule has 0 unspecified atom stereocenters.